The van der Waals surface area contributed by atoms with Crippen molar-refractivity contribution in [3.05, 3.63) is 65.4 Å². The van der Waals surface area contributed by atoms with Gasteiger partial charge in [-0.05, 0) is 31.2 Å². The quantitative estimate of drug-likeness (QED) is 0.358. The zero-order valence-electron chi connectivity index (χ0n) is 15.0. The summed E-state index contributed by atoms with van der Waals surface area (Å²) in [5.41, 5.74) is 2.47. The standard InChI is InChI=1S/C20H16ClN3O3S/c1-2-25-18-6-4-3-5-16(18)19-22-23-20(26-19)28-12-15-11-17(24-27-15)13-7-9-14(21)10-8-13/h3-11H,2,12H2,1H3. The number of nitrogens with zero attached hydrogens (tertiary/aromatic N) is 3. The lowest BCUT2D eigenvalue weighted by Gasteiger charge is -2.05. The van der Waals surface area contributed by atoms with E-state index in [0.717, 1.165) is 16.8 Å². The highest BCUT2D eigenvalue weighted by molar-refractivity contribution is 7.98. The molecule has 0 unspecified atom stereocenters. The Balaban J connectivity index is 1.44. The van der Waals surface area contributed by atoms with E-state index < -0.39 is 0 Å². The Labute approximate surface area is 170 Å². The summed E-state index contributed by atoms with van der Waals surface area (Å²) in [5.74, 6) is 2.37. The van der Waals surface area contributed by atoms with Gasteiger partial charge in [0, 0.05) is 16.7 Å². The average Bonchev–Trinajstić information content (AvgIpc) is 3.37. The average molecular weight is 414 g/mol. The van der Waals surface area contributed by atoms with Crippen molar-refractivity contribution in [2.75, 3.05) is 6.61 Å². The molecule has 0 aliphatic heterocycles. The number of hydrogen-bond acceptors (Lipinski definition) is 7. The van der Waals surface area contributed by atoms with Crippen LogP contribution in [0.15, 0.2) is 68.8 Å². The lowest BCUT2D eigenvalue weighted by Crippen LogP contribution is -1.93. The van der Waals surface area contributed by atoms with Gasteiger partial charge in [-0.15, -0.1) is 10.2 Å². The van der Waals surface area contributed by atoms with Gasteiger partial charge < -0.3 is 13.7 Å². The second-order valence-corrected chi connectivity index (χ2v) is 7.14. The first-order valence-corrected chi connectivity index (χ1v) is 9.99. The molecule has 0 aliphatic rings. The summed E-state index contributed by atoms with van der Waals surface area (Å²) in [7, 11) is 0. The molecule has 0 amide bonds. The molecule has 142 valence electrons. The molecule has 0 radical (unpaired) electrons. The maximum absolute atomic E-state index is 5.92. The van der Waals surface area contributed by atoms with Gasteiger partial charge in [-0.25, -0.2) is 0 Å². The first kappa shape index (κ1) is 18.6. The van der Waals surface area contributed by atoms with Crippen molar-refractivity contribution in [3.63, 3.8) is 0 Å². The third kappa shape index (κ3) is 4.21. The van der Waals surface area contributed by atoms with Gasteiger partial charge in [0.2, 0.25) is 0 Å². The van der Waals surface area contributed by atoms with Crippen LogP contribution in [-0.2, 0) is 5.75 Å². The zero-order chi connectivity index (χ0) is 19.3. The summed E-state index contributed by atoms with van der Waals surface area (Å²) in [6.45, 7) is 2.50. The van der Waals surface area contributed by atoms with E-state index >= 15 is 0 Å². The van der Waals surface area contributed by atoms with E-state index in [1.807, 2.05) is 61.5 Å². The van der Waals surface area contributed by atoms with Crippen LogP contribution in [0.3, 0.4) is 0 Å². The fraction of sp³-hybridized carbons (Fsp3) is 0.150. The minimum atomic E-state index is 0.422. The summed E-state index contributed by atoms with van der Waals surface area (Å²) in [6.07, 6.45) is 0. The van der Waals surface area contributed by atoms with E-state index in [9.17, 15) is 0 Å². The molecule has 0 fully saturated rings. The number of rotatable bonds is 7. The van der Waals surface area contributed by atoms with Gasteiger partial charge in [0.15, 0.2) is 0 Å². The molecule has 0 saturated heterocycles. The predicted molar refractivity (Wildman–Crippen MR) is 107 cm³/mol. The summed E-state index contributed by atoms with van der Waals surface area (Å²) < 4.78 is 16.8. The van der Waals surface area contributed by atoms with E-state index in [-0.39, 0.29) is 0 Å². The van der Waals surface area contributed by atoms with Gasteiger partial charge in [-0.2, -0.15) is 0 Å². The molecule has 0 atom stereocenters. The van der Waals surface area contributed by atoms with E-state index in [1.165, 1.54) is 11.8 Å². The number of ether oxygens (including phenoxy) is 1. The SMILES string of the molecule is CCOc1ccccc1-c1nnc(SCc2cc(-c3ccc(Cl)cc3)no2)o1. The fourth-order valence-electron chi connectivity index (χ4n) is 2.57. The van der Waals surface area contributed by atoms with Crippen LogP contribution in [0.1, 0.15) is 12.7 Å². The molecule has 2 aromatic heterocycles. The maximum atomic E-state index is 5.92. The Bertz CT molecular complexity index is 1060. The zero-order valence-corrected chi connectivity index (χ0v) is 16.5. The molecule has 0 bridgehead atoms. The van der Waals surface area contributed by atoms with Crippen LogP contribution in [0.25, 0.3) is 22.7 Å². The van der Waals surface area contributed by atoms with Gasteiger partial charge >= 0.3 is 0 Å². The van der Waals surface area contributed by atoms with Gasteiger partial charge in [-0.3, -0.25) is 0 Å². The fourth-order valence-corrected chi connectivity index (χ4v) is 3.34. The van der Waals surface area contributed by atoms with Crippen molar-refractivity contribution in [1.82, 2.24) is 15.4 Å². The molecule has 0 spiro atoms. The van der Waals surface area contributed by atoms with Crippen molar-refractivity contribution in [3.8, 4) is 28.5 Å². The topological polar surface area (TPSA) is 74.2 Å². The van der Waals surface area contributed by atoms with E-state index in [0.29, 0.717) is 40.0 Å². The van der Waals surface area contributed by atoms with Gasteiger partial charge in [0.1, 0.15) is 17.2 Å². The largest absolute Gasteiger partial charge is 0.493 e. The number of para-hydroxylation sites is 1. The highest BCUT2D eigenvalue weighted by atomic mass is 35.5. The minimum absolute atomic E-state index is 0.422. The Hall–Kier alpha value is -2.77. The van der Waals surface area contributed by atoms with Gasteiger partial charge in [0.25, 0.3) is 11.1 Å². The van der Waals surface area contributed by atoms with E-state index in [2.05, 4.69) is 15.4 Å². The molecule has 28 heavy (non-hydrogen) atoms. The van der Waals surface area contributed by atoms with Crippen molar-refractivity contribution in [2.45, 2.75) is 17.9 Å². The molecule has 6 nitrogen and oxygen atoms in total. The van der Waals surface area contributed by atoms with Crippen LogP contribution in [0, 0.1) is 0 Å². The number of aromatic nitrogens is 3. The number of hydrogen-bond donors (Lipinski definition) is 0. The Morgan fingerprint density at radius 2 is 1.89 bits per heavy atom. The second kappa shape index (κ2) is 8.50. The third-order valence-corrected chi connectivity index (χ3v) is 4.95. The first-order chi connectivity index (χ1) is 13.7. The predicted octanol–water partition coefficient (Wildman–Crippen LogP) is 5.74. The molecule has 0 saturated carbocycles. The second-order valence-electron chi connectivity index (χ2n) is 5.78. The van der Waals surface area contributed by atoms with Gasteiger partial charge in [0.05, 0.1) is 17.9 Å². The molecular weight excluding hydrogens is 398 g/mol. The lowest BCUT2D eigenvalue weighted by atomic mass is 10.1. The summed E-state index contributed by atoms with van der Waals surface area (Å²) in [6, 6.07) is 16.9. The maximum Gasteiger partial charge on any atom is 0.277 e. The smallest absolute Gasteiger partial charge is 0.277 e. The summed E-state index contributed by atoms with van der Waals surface area (Å²) in [4.78, 5) is 0. The monoisotopic (exact) mass is 413 g/mol. The van der Waals surface area contributed by atoms with Crippen molar-refractivity contribution in [2.24, 2.45) is 0 Å². The molecular formula is C20H16ClN3O3S. The molecule has 2 aromatic carbocycles. The van der Waals surface area contributed by atoms with Crippen LogP contribution in [0.5, 0.6) is 5.75 Å². The number of thioether (sulfide) groups is 1. The highest BCUT2D eigenvalue weighted by Crippen LogP contribution is 2.32. The third-order valence-electron chi connectivity index (χ3n) is 3.86. The van der Waals surface area contributed by atoms with E-state index in [1.54, 1.807) is 0 Å². The normalized spacial score (nSPS) is 10.9. The molecule has 4 aromatic rings. The Morgan fingerprint density at radius 1 is 1.07 bits per heavy atom. The van der Waals surface area contributed by atoms with Crippen molar-refractivity contribution >= 4 is 23.4 Å². The summed E-state index contributed by atoms with van der Waals surface area (Å²) in [5, 5.41) is 13.5. The molecule has 4 rings (SSSR count). The molecule has 0 aliphatic carbocycles. The first-order valence-electron chi connectivity index (χ1n) is 8.63. The van der Waals surface area contributed by atoms with Crippen LogP contribution in [0.2, 0.25) is 5.02 Å². The minimum Gasteiger partial charge on any atom is -0.493 e. The van der Waals surface area contributed by atoms with Crippen LogP contribution < -0.4 is 4.74 Å². The molecule has 0 N–H and O–H groups in total. The highest BCUT2D eigenvalue weighted by Gasteiger charge is 2.15. The summed E-state index contributed by atoms with van der Waals surface area (Å²) >= 11 is 7.30. The number of halogens is 1. The van der Waals surface area contributed by atoms with Crippen LogP contribution >= 0.6 is 23.4 Å². The molecule has 2 heterocycles. The molecule has 8 heteroatoms. The lowest BCUT2D eigenvalue weighted by molar-refractivity contribution is 0.340. The van der Waals surface area contributed by atoms with Crippen molar-refractivity contribution in [1.29, 1.82) is 0 Å². The van der Waals surface area contributed by atoms with E-state index in [4.69, 9.17) is 25.3 Å². The van der Waals surface area contributed by atoms with Crippen LogP contribution in [-0.4, -0.2) is 22.0 Å². The van der Waals surface area contributed by atoms with Gasteiger partial charge in [-0.1, -0.05) is 52.8 Å². The van der Waals surface area contributed by atoms with Crippen LogP contribution in [0.4, 0.5) is 0 Å². The number of benzene rings is 2. The Morgan fingerprint density at radius 3 is 2.71 bits per heavy atom. The Kier molecular flexibility index (Phi) is 5.64. The van der Waals surface area contributed by atoms with Crippen molar-refractivity contribution < 1.29 is 13.7 Å².